The molecule has 18 heavy (non-hydrogen) atoms. The number of halogens is 1. The fourth-order valence-corrected chi connectivity index (χ4v) is 2.32. The Morgan fingerprint density at radius 1 is 1.22 bits per heavy atom. The summed E-state index contributed by atoms with van der Waals surface area (Å²) in [5, 5.41) is 3.36. The second-order valence-corrected chi connectivity index (χ2v) is 4.65. The zero-order valence-electron chi connectivity index (χ0n) is 11.0. The number of benzene rings is 1. The van der Waals surface area contributed by atoms with Crippen LogP contribution in [0.4, 0.5) is 10.1 Å². The molecule has 0 aromatic heterocycles. The van der Waals surface area contributed by atoms with Gasteiger partial charge in [0.2, 0.25) is 0 Å². The van der Waals surface area contributed by atoms with Gasteiger partial charge in [-0.05, 0) is 31.2 Å². The number of rotatable bonds is 5. The van der Waals surface area contributed by atoms with Crippen molar-refractivity contribution in [1.29, 1.82) is 0 Å². The summed E-state index contributed by atoms with van der Waals surface area (Å²) >= 11 is 0. The molecule has 100 valence electrons. The molecule has 1 aliphatic heterocycles. The van der Waals surface area contributed by atoms with E-state index in [9.17, 15) is 4.39 Å². The Balaban J connectivity index is 1.86. The standard InChI is InChI=1S/C14H22FN3/c1-2-18(14-5-3-13(15)4-6-14)12-11-17-9-7-16-8-10-17/h3-6,16H,2,7-12H2,1H3. The van der Waals surface area contributed by atoms with E-state index in [4.69, 9.17) is 0 Å². The van der Waals surface area contributed by atoms with Crippen molar-refractivity contribution < 1.29 is 4.39 Å². The smallest absolute Gasteiger partial charge is 0.123 e. The van der Waals surface area contributed by atoms with Crippen molar-refractivity contribution in [3.63, 3.8) is 0 Å². The lowest BCUT2D eigenvalue weighted by atomic mass is 10.2. The Bertz CT molecular complexity index is 347. The first-order chi connectivity index (χ1) is 8.79. The van der Waals surface area contributed by atoms with Crippen LogP contribution in [-0.4, -0.2) is 50.7 Å². The van der Waals surface area contributed by atoms with Crippen LogP contribution in [-0.2, 0) is 0 Å². The highest BCUT2D eigenvalue weighted by Gasteiger charge is 2.11. The lowest BCUT2D eigenvalue weighted by Gasteiger charge is -2.31. The third-order valence-electron chi connectivity index (χ3n) is 3.47. The Labute approximate surface area is 109 Å². The highest BCUT2D eigenvalue weighted by molar-refractivity contribution is 5.46. The van der Waals surface area contributed by atoms with E-state index in [-0.39, 0.29) is 5.82 Å². The van der Waals surface area contributed by atoms with Crippen molar-refractivity contribution in [3.8, 4) is 0 Å². The quantitative estimate of drug-likeness (QED) is 0.857. The first-order valence-corrected chi connectivity index (χ1v) is 6.73. The molecule has 4 heteroatoms. The van der Waals surface area contributed by atoms with Gasteiger partial charge in [0, 0.05) is 51.5 Å². The van der Waals surface area contributed by atoms with E-state index in [1.807, 2.05) is 12.1 Å². The van der Waals surface area contributed by atoms with E-state index in [1.54, 1.807) is 0 Å². The normalized spacial score (nSPS) is 16.8. The van der Waals surface area contributed by atoms with Crippen LogP contribution in [0.1, 0.15) is 6.92 Å². The molecular formula is C14H22FN3. The molecule has 0 radical (unpaired) electrons. The predicted octanol–water partition coefficient (Wildman–Crippen LogP) is 1.56. The molecule has 1 aliphatic rings. The molecule has 2 rings (SSSR count). The van der Waals surface area contributed by atoms with Gasteiger partial charge in [-0.2, -0.15) is 0 Å². The van der Waals surface area contributed by atoms with Gasteiger partial charge < -0.3 is 10.2 Å². The first-order valence-electron chi connectivity index (χ1n) is 6.73. The molecule has 1 heterocycles. The largest absolute Gasteiger partial charge is 0.371 e. The highest BCUT2D eigenvalue weighted by Crippen LogP contribution is 2.14. The van der Waals surface area contributed by atoms with Crippen LogP contribution in [0.2, 0.25) is 0 Å². The maximum Gasteiger partial charge on any atom is 0.123 e. The summed E-state index contributed by atoms with van der Waals surface area (Å²) in [6.07, 6.45) is 0. The van der Waals surface area contributed by atoms with Crippen LogP contribution in [0, 0.1) is 5.82 Å². The number of likely N-dealkylation sites (N-methyl/N-ethyl adjacent to an activating group) is 1. The molecule has 3 nitrogen and oxygen atoms in total. The lowest BCUT2D eigenvalue weighted by Crippen LogP contribution is -2.46. The zero-order chi connectivity index (χ0) is 12.8. The third-order valence-corrected chi connectivity index (χ3v) is 3.47. The fraction of sp³-hybridized carbons (Fsp3) is 0.571. The van der Waals surface area contributed by atoms with E-state index >= 15 is 0 Å². The lowest BCUT2D eigenvalue weighted by molar-refractivity contribution is 0.246. The van der Waals surface area contributed by atoms with Gasteiger partial charge in [0.15, 0.2) is 0 Å². The summed E-state index contributed by atoms with van der Waals surface area (Å²) in [6.45, 7) is 9.60. The van der Waals surface area contributed by atoms with Gasteiger partial charge >= 0.3 is 0 Å². The Morgan fingerprint density at radius 2 is 1.89 bits per heavy atom. The molecule has 0 bridgehead atoms. The van der Waals surface area contributed by atoms with Gasteiger partial charge in [-0.3, -0.25) is 4.90 Å². The van der Waals surface area contributed by atoms with E-state index in [2.05, 4.69) is 22.0 Å². The minimum Gasteiger partial charge on any atom is -0.371 e. The molecule has 0 aliphatic carbocycles. The molecule has 1 N–H and O–H groups in total. The molecule has 0 atom stereocenters. The fourth-order valence-electron chi connectivity index (χ4n) is 2.32. The van der Waals surface area contributed by atoms with Crippen molar-refractivity contribution in [2.75, 3.05) is 50.7 Å². The third kappa shape index (κ3) is 3.68. The van der Waals surface area contributed by atoms with Crippen molar-refractivity contribution >= 4 is 5.69 Å². The SMILES string of the molecule is CCN(CCN1CCNCC1)c1ccc(F)cc1. The van der Waals surface area contributed by atoms with Gasteiger partial charge in [0.25, 0.3) is 0 Å². The molecule has 1 fully saturated rings. The van der Waals surface area contributed by atoms with E-state index < -0.39 is 0 Å². The summed E-state index contributed by atoms with van der Waals surface area (Å²) in [5.74, 6) is -0.170. The van der Waals surface area contributed by atoms with Crippen molar-refractivity contribution in [2.24, 2.45) is 0 Å². The molecule has 1 aromatic rings. The second kappa shape index (κ2) is 6.71. The molecule has 0 spiro atoms. The number of hydrogen-bond donors (Lipinski definition) is 1. The van der Waals surface area contributed by atoms with Gasteiger partial charge in [0.1, 0.15) is 5.82 Å². The zero-order valence-corrected chi connectivity index (χ0v) is 11.0. The first kappa shape index (κ1) is 13.3. The van der Waals surface area contributed by atoms with Crippen molar-refractivity contribution in [1.82, 2.24) is 10.2 Å². The molecule has 1 aromatic carbocycles. The predicted molar refractivity (Wildman–Crippen MR) is 73.6 cm³/mol. The van der Waals surface area contributed by atoms with Crippen LogP contribution in [0.15, 0.2) is 24.3 Å². The molecule has 0 unspecified atom stereocenters. The van der Waals surface area contributed by atoms with Crippen molar-refractivity contribution in [3.05, 3.63) is 30.1 Å². The minimum absolute atomic E-state index is 0.170. The summed E-state index contributed by atoms with van der Waals surface area (Å²) in [6, 6.07) is 6.78. The summed E-state index contributed by atoms with van der Waals surface area (Å²) in [7, 11) is 0. The topological polar surface area (TPSA) is 18.5 Å². The Morgan fingerprint density at radius 3 is 2.50 bits per heavy atom. The monoisotopic (exact) mass is 251 g/mol. The van der Waals surface area contributed by atoms with E-state index in [0.29, 0.717) is 0 Å². The molecule has 0 amide bonds. The molecular weight excluding hydrogens is 229 g/mol. The summed E-state index contributed by atoms with van der Waals surface area (Å²) in [4.78, 5) is 4.77. The average Bonchev–Trinajstić information content (AvgIpc) is 2.42. The van der Waals surface area contributed by atoms with Crippen LogP contribution < -0.4 is 10.2 Å². The number of nitrogens with one attached hydrogen (secondary N) is 1. The number of nitrogens with zero attached hydrogens (tertiary/aromatic N) is 2. The Kier molecular flexibility index (Phi) is 4.96. The molecule has 0 saturated carbocycles. The summed E-state index contributed by atoms with van der Waals surface area (Å²) in [5.41, 5.74) is 1.11. The van der Waals surface area contributed by atoms with Gasteiger partial charge in [-0.25, -0.2) is 4.39 Å². The average molecular weight is 251 g/mol. The summed E-state index contributed by atoms with van der Waals surface area (Å²) < 4.78 is 12.9. The second-order valence-electron chi connectivity index (χ2n) is 4.65. The van der Waals surface area contributed by atoms with E-state index in [0.717, 1.165) is 51.5 Å². The number of piperazine rings is 1. The minimum atomic E-state index is -0.170. The van der Waals surface area contributed by atoms with Crippen molar-refractivity contribution in [2.45, 2.75) is 6.92 Å². The van der Waals surface area contributed by atoms with E-state index in [1.165, 1.54) is 12.1 Å². The molecule has 1 saturated heterocycles. The number of anilines is 1. The van der Waals surface area contributed by atoms with Gasteiger partial charge in [-0.15, -0.1) is 0 Å². The van der Waals surface area contributed by atoms with Crippen LogP contribution in [0.5, 0.6) is 0 Å². The van der Waals surface area contributed by atoms with Crippen LogP contribution >= 0.6 is 0 Å². The highest BCUT2D eigenvalue weighted by atomic mass is 19.1. The maximum absolute atomic E-state index is 12.9. The Hall–Kier alpha value is -1.13. The van der Waals surface area contributed by atoms with Gasteiger partial charge in [0.05, 0.1) is 0 Å². The maximum atomic E-state index is 12.9. The number of hydrogen-bond acceptors (Lipinski definition) is 3. The van der Waals surface area contributed by atoms with Gasteiger partial charge in [-0.1, -0.05) is 0 Å². The van der Waals surface area contributed by atoms with Crippen LogP contribution in [0.3, 0.4) is 0 Å². The van der Waals surface area contributed by atoms with Crippen LogP contribution in [0.25, 0.3) is 0 Å².